The number of nitrogens with one attached hydrogen (secondary N) is 1. The van der Waals surface area contributed by atoms with Crippen molar-refractivity contribution < 1.29 is 9.50 Å². The van der Waals surface area contributed by atoms with Crippen molar-refractivity contribution in [3.63, 3.8) is 0 Å². The molecule has 0 unspecified atom stereocenters. The van der Waals surface area contributed by atoms with E-state index in [0.29, 0.717) is 27.9 Å². The van der Waals surface area contributed by atoms with Crippen LogP contribution in [-0.4, -0.2) is 14.8 Å². The van der Waals surface area contributed by atoms with Gasteiger partial charge >= 0.3 is 0 Å². The van der Waals surface area contributed by atoms with Crippen LogP contribution in [0, 0.1) is 5.82 Å². The van der Waals surface area contributed by atoms with E-state index in [1.807, 2.05) is 0 Å². The fourth-order valence-corrected chi connectivity index (χ4v) is 3.34. The van der Waals surface area contributed by atoms with Crippen molar-refractivity contribution in [2.45, 2.75) is 6.54 Å². The van der Waals surface area contributed by atoms with Gasteiger partial charge in [0.15, 0.2) is 5.82 Å². The lowest BCUT2D eigenvalue weighted by Crippen LogP contribution is -2.31. The number of phenolic OH excluding ortho intramolecular Hbond substituents is 1. The van der Waals surface area contributed by atoms with Crippen LogP contribution in [0.25, 0.3) is 22.3 Å². The number of para-hydroxylation sites is 1. The molecular formula is C21H15BrFN3O2. The van der Waals surface area contributed by atoms with Gasteiger partial charge in [0, 0.05) is 15.6 Å². The van der Waals surface area contributed by atoms with Crippen LogP contribution in [0.5, 0.6) is 5.75 Å². The molecule has 5 nitrogen and oxygen atoms in total. The number of rotatable bonds is 4. The van der Waals surface area contributed by atoms with Crippen molar-refractivity contribution in [1.29, 1.82) is 0 Å². The van der Waals surface area contributed by atoms with Crippen LogP contribution in [-0.2, 0) is 6.54 Å². The average Bonchev–Trinajstić information content (AvgIpc) is 2.70. The lowest BCUT2D eigenvalue weighted by molar-refractivity contribution is 0.468. The van der Waals surface area contributed by atoms with E-state index < -0.39 is 0 Å². The van der Waals surface area contributed by atoms with Gasteiger partial charge < -0.3 is 10.5 Å². The number of hydrogen-bond acceptors (Lipinski definition) is 4. The molecule has 0 fully saturated rings. The fraction of sp³-hybridized carbons (Fsp3) is 0.0476. The molecule has 0 saturated carbocycles. The van der Waals surface area contributed by atoms with Gasteiger partial charge in [-0.2, -0.15) is 0 Å². The third-order valence-corrected chi connectivity index (χ3v) is 4.84. The first-order chi connectivity index (χ1) is 13.5. The number of aromatic nitrogens is 2. The summed E-state index contributed by atoms with van der Waals surface area (Å²) in [6.45, 7) is 0.194. The normalized spacial score (nSPS) is 10.9. The molecule has 0 saturated heterocycles. The minimum Gasteiger partial charge on any atom is -0.508 e. The molecule has 0 spiro atoms. The Kier molecular flexibility index (Phi) is 4.83. The second-order valence-corrected chi connectivity index (χ2v) is 7.12. The molecule has 0 atom stereocenters. The Hall–Kier alpha value is -3.19. The number of aromatic hydroxyl groups is 1. The molecule has 0 aliphatic carbocycles. The predicted molar refractivity (Wildman–Crippen MR) is 110 cm³/mol. The maximum atomic E-state index is 13.4. The van der Waals surface area contributed by atoms with E-state index in [1.165, 1.54) is 16.8 Å². The Morgan fingerprint density at radius 2 is 1.82 bits per heavy atom. The van der Waals surface area contributed by atoms with Crippen LogP contribution >= 0.6 is 15.9 Å². The van der Waals surface area contributed by atoms with Gasteiger partial charge in [0.1, 0.15) is 11.6 Å². The second kappa shape index (κ2) is 7.44. The summed E-state index contributed by atoms with van der Waals surface area (Å²) in [5.74, 6) is 0.101. The van der Waals surface area contributed by atoms with Crippen molar-refractivity contribution in [2.75, 3.05) is 5.43 Å². The summed E-state index contributed by atoms with van der Waals surface area (Å²) in [5, 5.41) is 10.5. The lowest BCUT2D eigenvalue weighted by atomic mass is 10.2. The minimum absolute atomic E-state index is 0.112. The van der Waals surface area contributed by atoms with Crippen molar-refractivity contribution in [3.8, 4) is 17.1 Å². The summed E-state index contributed by atoms with van der Waals surface area (Å²) in [7, 11) is 0. The average molecular weight is 440 g/mol. The third kappa shape index (κ3) is 3.48. The second-order valence-electron chi connectivity index (χ2n) is 6.21. The summed E-state index contributed by atoms with van der Waals surface area (Å²) < 4.78 is 15.5. The molecular weight excluding hydrogens is 425 g/mol. The molecule has 2 N–H and O–H groups in total. The van der Waals surface area contributed by atoms with E-state index in [4.69, 9.17) is 0 Å². The minimum atomic E-state index is -0.370. The van der Waals surface area contributed by atoms with E-state index in [1.54, 1.807) is 54.6 Å². The number of fused-ring (bicyclic) bond motifs is 1. The monoisotopic (exact) mass is 439 g/mol. The number of phenols is 1. The van der Waals surface area contributed by atoms with Crippen molar-refractivity contribution in [3.05, 3.63) is 92.9 Å². The van der Waals surface area contributed by atoms with Crippen LogP contribution < -0.4 is 11.0 Å². The quantitative estimate of drug-likeness (QED) is 0.493. The van der Waals surface area contributed by atoms with Gasteiger partial charge in [0.25, 0.3) is 5.56 Å². The SMILES string of the molecule is O=c1c2ccccc2nc(-c2ccc(F)cc2)n1NCc1cc(Br)ccc1O. The van der Waals surface area contributed by atoms with Gasteiger partial charge in [-0.3, -0.25) is 4.79 Å². The van der Waals surface area contributed by atoms with Gasteiger partial charge in [-0.1, -0.05) is 28.1 Å². The summed E-state index contributed by atoms with van der Waals surface area (Å²) >= 11 is 3.37. The molecule has 1 aromatic heterocycles. The fourth-order valence-electron chi connectivity index (χ4n) is 2.93. The molecule has 3 aromatic carbocycles. The molecule has 28 heavy (non-hydrogen) atoms. The summed E-state index contributed by atoms with van der Waals surface area (Å²) in [6, 6.07) is 17.9. The van der Waals surface area contributed by atoms with Crippen LogP contribution in [0.15, 0.2) is 76.0 Å². The Morgan fingerprint density at radius 3 is 2.61 bits per heavy atom. The molecule has 0 bridgehead atoms. The number of halogens is 2. The van der Waals surface area contributed by atoms with Crippen molar-refractivity contribution in [1.82, 2.24) is 9.66 Å². The molecule has 0 aliphatic rings. The Balaban J connectivity index is 1.84. The Morgan fingerprint density at radius 1 is 1.07 bits per heavy atom. The Labute approximate surface area is 168 Å². The van der Waals surface area contributed by atoms with Gasteiger partial charge in [-0.15, -0.1) is 0 Å². The third-order valence-electron chi connectivity index (χ3n) is 4.35. The zero-order chi connectivity index (χ0) is 19.7. The highest BCUT2D eigenvalue weighted by molar-refractivity contribution is 9.10. The largest absolute Gasteiger partial charge is 0.508 e. The Bertz CT molecular complexity index is 1220. The van der Waals surface area contributed by atoms with Crippen LogP contribution in [0.3, 0.4) is 0 Å². The first-order valence-corrected chi connectivity index (χ1v) is 9.31. The summed E-state index contributed by atoms with van der Waals surface area (Å²) in [5.41, 5.74) is 4.51. The topological polar surface area (TPSA) is 67.2 Å². The molecule has 0 aliphatic heterocycles. The highest BCUT2D eigenvalue weighted by atomic mass is 79.9. The van der Waals surface area contributed by atoms with E-state index >= 15 is 0 Å². The predicted octanol–water partition coefficient (Wildman–Crippen LogP) is 4.41. The first-order valence-electron chi connectivity index (χ1n) is 8.52. The molecule has 7 heteroatoms. The zero-order valence-corrected chi connectivity index (χ0v) is 16.1. The van der Waals surface area contributed by atoms with Crippen LogP contribution in [0.2, 0.25) is 0 Å². The zero-order valence-electron chi connectivity index (χ0n) is 14.6. The standard InChI is InChI=1S/C21H15BrFN3O2/c22-15-7-10-19(27)14(11-15)12-24-26-20(13-5-8-16(23)9-6-13)25-18-4-2-1-3-17(18)21(26)28/h1-11,24,27H,12H2. The van der Waals surface area contributed by atoms with Crippen molar-refractivity contribution in [2.24, 2.45) is 0 Å². The smallest absolute Gasteiger partial charge is 0.280 e. The number of nitrogens with zero attached hydrogens (tertiary/aromatic N) is 2. The van der Waals surface area contributed by atoms with Crippen LogP contribution in [0.1, 0.15) is 5.56 Å². The van der Waals surface area contributed by atoms with Crippen LogP contribution in [0.4, 0.5) is 4.39 Å². The molecule has 0 amide bonds. The van der Waals surface area contributed by atoms with E-state index in [2.05, 4.69) is 26.3 Å². The highest BCUT2D eigenvalue weighted by Crippen LogP contribution is 2.23. The number of benzene rings is 3. The summed E-state index contributed by atoms with van der Waals surface area (Å²) in [4.78, 5) is 17.7. The van der Waals surface area contributed by atoms with Crippen molar-refractivity contribution >= 4 is 26.8 Å². The molecule has 140 valence electrons. The van der Waals surface area contributed by atoms with Gasteiger partial charge in [0.2, 0.25) is 0 Å². The molecule has 1 heterocycles. The summed E-state index contributed by atoms with van der Waals surface area (Å²) in [6.07, 6.45) is 0. The van der Waals surface area contributed by atoms with Gasteiger partial charge in [0.05, 0.1) is 17.4 Å². The maximum Gasteiger partial charge on any atom is 0.280 e. The van der Waals surface area contributed by atoms with Gasteiger partial charge in [-0.25, -0.2) is 14.1 Å². The van der Waals surface area contributed by atoms with E-state index in [9.17, 15) is 14.3 Å². The number of hydrogen-bond donors (Lipinski definition) is 2. The highest BCUT2D eigenvalue weighted by Gasteiger charge is 2.13. The molecule has 4 rings (SSSR count). The maximum absolute atomic E-state index is 13.4. The lowest BCUT2D eigenvalue weighted by Gasteiger charge is -2.16. The molecule has 0 radical (unpaired) electrons. The first kappa shape index (κ1) is 18.2. The van der Waals surface area contributed by atoms with Gasteiger partial charge in [-0.05, 0) is 54.6 Å². The van der Waals surface area contributed by atoms with E-state index in [0.717, 1.165) is 4.47 Å². The van der Waals surface area contributed by atoms with E-state index in [-0.39, 0.29) is 23.7 Å². The molecule has 4 aromatic rings.